The Morgan fingerprint density at radius 2 is 1.91 bits per heavy atom. The fraction of sp³-hybridized carbons (Fsp3) is 0.333. The highest BCUT2D eigenvalue weighted by Gasteiger charge is 2.18. The van der Waals surface area contributed by atoms with Crippen LogP contribution in [0.2, 0.25) is 0 Å². The maximum Gasteiger partial charge on any atom is 0.230 e. The van der Waals surface area contributed by atoms with Crippen molar-refractivity contribution in [2.24, 2.45) is 7.05 Å². The molecule has 3 aromatic heterocycles. The van der Waals surface area contributed by atoms with Crippen molar-refractivity contribution in [1.29, 1.82) is 0 Å². The molecule has 0 aliphatic carbocycles. The Labute approximate surface area is 197 Å². The average molecular weight is 463 g/mol. The normalized spacial score (nSPS) is 11.6. The Balaban J connectivity index is 1.48. The number of benzene rings is 1. The fourth-order valence-electron chi connectivity index (χ4n) is 3.49. The second-order valence-electron chi connectivity index (χ2n) is 9.19. The highest BCUT2D eigenvalue weighted by molar-refractivity contribution is 5.95. The summed E-state index contributed by atoms with van der Waals surface area (Å²) >= 11 is 0. The number of hydrogen-bond donors (Lipinski definition) is 1. The van der Waals surface area contributed by atoms with Gasteiger partial charge in [-0.15, -0.1) is 0 Å². The van der Waals surface area contributed by atoms with E-state index in [2.05, 4.69) is 30.5 Å². The number of anilines is 2. The second kappa shape index (κ2) is 9.12. The first-order valence-electron chi connectivity index (χ1n) is 10.9. The van der Waals surface area contributed by atoms with Gasteiger partial charge < -0.3 is 5.32 Å². The summed E-state index contributed by atoms with van der Waals surface area (Å²) in [6.45, 7) is 7.95. The number of carbonyl (C=O) groups is 1. The minimum Gasteiger partial charge on any atom is -0.321 e. The van der Waals surface area contributed by atoms with Crippen LogP contribution in [0.3, 0.4) is 0 Å². The molecule has 4 rings (SSSR count). The number of hydrogen-bond acceptors (Lipinski definition) is 7. The third-order valence-corrected chi connectivity index (χ3v) is 5.41. The standard InChI is InChI=1S/C24H27FN8O/c1-15-8-19(22-26-14-27-23(31-22)30-18-11-28-32(5)13-18)20(25)9-16(15)6-7-21(34)17-10-29-33(12-17)24(2,3)4/h8-14H,6-7H2,1-5H3,(H,26,27,30,31). The Hall–Kier alpha value is -3.95. The smallest absolute Gasteiger partial charge is 0.230 e. The van der Waals surface area contributed by atoms with Crippen LogP contribution in [-0.2, 0) is 19.0 Å². The van der Waals surface area contributed by atoms with E-state index in [1.165, 1.54) is 12.4 Å². The van der Waals surface area contributed by atoms with Crippen LogP contribution in [0.15, 0.2) is 43.2 Å². The molecule has 3 heterocycles. The van der Waals surface area contributed by atoms with E-state index in [0.717, 1.165) is 11.1 Å². The molecule has 1 aromatic carbocycles. The highest BCUT2D eigenvalue weighted by atomic mass is 19.1. The maximum atomic E-state index is 15.0. The van der Waals surface area contributed by atoms with Crippen LogP contribution in [0.25, 0.3) is 11.4 Å². The lowest BCUT2D eigenvalue weighted by Crippen LogP contribution is -2.22. The van der Waals surface area contributed by atoms with E-state index in [-0.39, 0.29) is 29.1 Å². The third-order valence-electron chi connectivity index (χ3n) is 5.41. The van der Waals surface area contributed by atoms with Crippen molar-refractivity contribution in [3.05, 3.63) is 65.8 Å². The monoisotopic (exact) mass is 462 g/mol. The van der Waals surface area contributed by atoms with Crippen LogP contribution >= 0.6 is 0 Å². The lowest BCUT2D eigenvalue weighted by Gasteiger charge is -2.18. The lowest BCUT2D eigenvalue weighted by atomic mass is 9.98. The number of carbonyl (C=O) groups excluding carboxylic acids is 1. The molecule has 0 saturated heterocycles. The number of nitrogens with one attached hydrogen (secondary N) is 1. The van der Waals surface area contributed by atoms with E-state index >= 15 is 4.39 Å². The van der Waals surface area contributed by atoms with Gasteiger partial charge in [0.15, 0.2) is 11.6 Å². The van der Waals surface area contributed by atoms with Gasteiger partial charge in [-0.2, -0.15) is 15.2 Å². The van der Waals surface area contributed by atoms with E-state index in [0.29, 0.717) is 23.6 Å². The van der Waals surface area contributed by atoms with Crippen LogP contribution in [0.1, 0.15) is 48.7 Å². The van der Waals surface area contributed by atoms with Gasteiger partial charge in [0.05, 0.1) is 34.7 Å². The van der Waals surface area contributed by atoms with E-state index in [1.807, 2.05) is 27.7 Å². The van der Waals surface area contributed by atoms with Crippen LogP contribution in [-0.4, -0.2) is 40.3 Å². The first-order chi connectivity index (χ1) is 16.1. The van der Waals surface area contributed by atoms with Gasteiger partial charge in [0.25, 0.3) is 0 Å². The molecule has 0 radical (unpaired) electrons. The molecule has 1 N–H and O–H groups in total. The Kier molecular flexibility index (Phi) is 6.23. The number of halogens is 1. The Morgan fingerprint density at radius 3 is 2.59 bits per heavy atom. The molecule has 176 valence electrons. The van der Waals surface area contributed by atoms with E-state index in [1.54, 1.807) is 47.3 Å². The summed E-state index contributed by atoms with van der Waals surface area (Å²) in [5.74, 6) is 0.0369. The minimum absolute atomic E-state index is 0.0250. The summed E-state index contributed by atoms with van der Waals surface area (Å²) in [7, 11) is 1.80. The van der Waals surface area contributed by atoms with Gasteiger partial charge in [0, 0.05) is 25.9 Å². The summed E-state index contributed by atoms with van der Waals surface area (Å²) in [5, 5.41) is 11.4. The predicted molar refractivity (Wildman–Crippen MR) is 126 cm³/mol. The molecule has 0 unspecified atom stereocenters. The first-order valence-corrected chi connectivity index (χ1v) is 10.9. The zero-order chi connectivity index (χ0) is 24.5. The number of aromatic nitrogens is 7. The molecule has 0 aliphatic rings. The largest absolute Gasteiger partial charge is 0.321 e. The van der Waals surface area contributed by atoms with E-state index in [4.69, 9.17) is 0 Å². The molecule has 0 spiro atoms. The molecule has 34 heavy (non-hydrogen) atoms. The van der Waals surface area contributed by atoms with Crippen molar-refractivity contribution in [3.63, 3.8) is 0 Å². The molecular formula is C24H27FN8O. The highest BCUT2D eigenvalue weighted by Crippen LogP contribution is 2.25. The van der Waals surface area contributed by atoms with Crippen molar-refractivity contribution in [2.45, 2.75) is 46.1 Å². The molecular weight excluding hydrogens is 435 g/mol. The molecule has 0 bridgehead atoms. The van der Waals surface area contributed by atoms with Gasteiger partial charge in [-0.3, -0.25) is 14.2 Å². The fourth-order valence-corrected chi connectivity index (χ4v) is 3.49. The zero-order valence-corrected chi connectivity index (χ0v) is 19.9. The van der Waals surface area contributed by atoms with Gasteiger partial charge in [-0.05, 0) is 57.4 Å². The van der Waals surface area contributed by atoms with Crippen LogP contribution < -0.4 is 5.32 Å². The Bertz CT molecular complexity index is 1330. The summed E-state index contributed by atoms with van der Waals surface area (Å²) in [6, 6.07) is 3.16. The molecule has 0 amide bonds. The summed E-state index contributed by atoms with van der Waals surface area (Å²) in [5.41, 5.74) is 2.97. The summed E-state index contributed by atoms with van der Waals surface area (Å²) in [6.07, 6.45) is 8.78. The minimum atomic E-state index is -0.452. The predicted octanol–water partition coefficient (Wildman–Crippen LogP) is 4.23. The topological polar surface area (TPSA) is 103 Å². The van der Waals surface area contributed by atoms with Gasteiger partial charge >= 0.3 is 0 Å². The second-order valence-corrected chi connectivity index (χ2v) is 9.19. The zero-order valence-electron chi connectivity index (χ0n) is 19.9. The molecule has 0 aliphatic heterocycles. The SMILES string of the molecule is Cc1cc(-c2ncnc(Nc3cnn(C)c3)n2)c(F)cc1CCC(=O)c1cnn(C(C)(C)C)c1. The van der Waals surface area contributed by atoms with E-state index < -0.39 is 5.82 Å². The first kappa shape index (κ1) is 23.2. The molecule has 4 aromatic rings. The van der Waals surface area contributed by atoms with Crippen molar-refractivity contribution >= 4 is 17.4 Å². The Morgan fingerprint density at radius 1 is 1.12 bits per heavy atom. The van der Waals surface area contributed by atoms with Crippen molar-refractivity contribution in [2.75, 3.05) is 5.32 Å². The van der Waals surface area contributed by atoms with Crippen molar-refractivity contribution in [3.8, 4) is 11.4 Å². The molecule has 0 saturated carbocycles. The van der Waals surface area contributed by atoms with Crippen LogP contribution in [0.4, 0.5) is 16.0 Å². The quantitative estimate of drug-likeness (QED) is 0.410. The van der Waals surface area contributed by atoms with Crippen molar-refractivity contribution in [1.82, 2.24) is 34.5 Å². The molecule has 9 nitrogen and oxygen atoms in total. The van der Waals surface area contributed by atoms with Gasteiger partial charge in [-0.25, -0.2) is 14.4 Å². The number of rotatable bonds is 7. The number of ketones is 1. The van der Waals surface area contributed by atoms with Crippen molar-refractivity contribution < 1.29 is 9.18 Å². The van der Waals surface area contributed by atoms with Gasteiger partial charge in [-0.1, -0.05) is 0 Å². The third kappa shape index (κ3) is 5.16. The number of nitrogens with zero attached hydrogens (tertiary/aromatic N) is 7. The van der Waals surface area contributed by atoms with Gasteiger partial charge in [0.2, 0.25) is 5.95 Å². The summed E-state index contributed by atoms with van der Waals surface area (Å²) in [4.78, 5) is 25.2. The number of aryl methyl sites for hydroxylation is 3. The maximum absolute atomic E-state index is 15.0. The molecule has 0 atom stereocenters. The average Bonchev–Trinajstić information content (AvgIpc) is 3.43. The van der Waals surface area contributed by atoms with Gasteiger partial charge in [0.1, 0.15) is 12.1 Å². The number of Topliss-reactive ketones (excluding diaryl/α,β-unsaturated/α-hetero) is 1. The molecule has 10 heteroatoms. The molecule has 0 fully saturated rings. The van der Waals surface area contributed by atoms with E-state index in [9.17, 15) is 4.79 Å². The summed E-state index contributed by atoms with van der Waals surface area (Å²) < 4.78 is 18.4. The van der Waals surface area contributed by atoms with Crippen LogP contribution in [0, 0.1) is 12.7 Å². The lowest BCUT2D eigenvalue weighted by molar-refractivity contribution is 0.0982. The van der Waals surface area contributed by atoms with Crippen LogP contribution in [0.5, 0.6) is 0 Å².